The van der Waals surface area contributed by atoms with E-state index in [0.717, 1.165) is 11.3 Å². The van der Waals surface area contributed by atoms with Gasteiger partial charge in [0.15, 0.2) is 5.78 Å². The molecule has 0 bridgehead atoms. The van der Waals surface area contributed by atoms with Crippen LogP contribution in [0.4, 0.5) is 11.4 Å². The van der Waals surface area contributed by atoms with Gasteiger partial charge in [-0.1, -0.05) is 13.0 Å². The summed E-state index contributed by atoms with van der Waals surface area (Å²) in [6.45, 7) is 8.39. The topological polar surface area (TPSA) is 79.5 Å². The van der Waals surface area contributed by atoms with Crippen molar-refractivity contribution in [1.29, 1.82) is 0 Å². The molecule has 2 heterocycles. The zero-order valence-electron chi connectivity index (χ0n) is 16.3. The molecule has 6 heteroatoms. The number of carbonyl (C=O) groups excluding carboxylic acids is 2. The van der Waals surface area contributed by atoms with Crippen LogP contribution in [0.2, 0.25) is 0 Å². The molecule has 1 aromatic rings. The Balaban J connectivity index is 1.88. The van der Waals surface area contributed by atoms with Crippen LogP contribution < -0.4 is 16.0 Å². The van der Waals surface area contributed by atoms with E-state index in [1.54, 1.807) is 6.07 Å². The lowest BCUT2D eigenvalue weighted by Crippen LogP contribution is -2.26. The molecule has 0 fully saturated rings. The van der Waals surface area contributed by atoms with E-state index in [2.05, 4.69) is 16.0 Å². The van der Waals surface area contributed by atoms with E-state index in [1.165, 1.54) is 0 Å². The fourth-order valence-electron chi connectivity index (χ4n) is 3.36. The van der Waals surface area contributed by atoms with Crippen molar-refractivity contribution in [3.05, 3.63) is 47.4 Å². The number of nitrogens with one attached hydrogen (secondary N) is 3. The number of Topliss-reactive ketones (excluding diaryl/α,β-unsaturated/α-hetero) is 1. The zero-order chi connectivity index (χ0) is 19.6. The number of fused-ring (bicyclic) bond motifs is 1. The van der Waals surface area contributed by atoms with Crippen molar-refractivity contribution in [2.75, 3.05) is 17.2 Å². The van der Waals surface area contributed by atoms with E-state index in [9.17, 15) is 9.59 Å². The molecule has 2 aliphatic rings. The molecule has 3 rings (SSSR count). The van der Waals surface area contributed by atoms with Crippen LogP contribution in [0.3, 0.4) is 0 Å². The van der Waals surface area contributed by atoms with Crippen molar-refractivity contribution in [3.63, 3.8) is 0 Å². The first-order valence-electron chi connectivity index (χ1n) is 9.39. The van der Waals surface area contributed by atoms with Gasteiger partial charge in [-0.3, -0.25) is 9.59 Å². The van der Waals surface area contributed by atoms with Crippen molar-refractivity contribution < 1.29 is 14.3 Å². The summed E-state index contributed by atoms with van der Waals surface area (Å²) in [5.41, 5.74) is 2.92. The fraction of sp³-hybridized carbons (Fsp3) is 0.429. The van der Waals surface area contributed by atoms with Gasteiger partial charge in [0.05, 0.1) is 17.5 Å². The summed E-state index contributed by atoms with van der Waals surface area (Å²) >= 11 is 0. The highest BCUT2D eigenvalue weighted by Gasteiger charge is 2.27. The predicted octanol–water partition coefficient (Wildman–Crippen LogP) is 3.44. The molecule has 0 saturated heterocycles. The van der Waals surface area contributed by atoms with Crippen LogP contribution in [-0.4, -0.2) is 30.4 Å². The number of ketones is 1. The summed E-state index contributed by atoms with van der Waals surface area (Å²) in [5, 5.41) is 9.39. The molecule has 3 N–H and O–H groups in total. The van der Waals surface area contributed by atoms with Gasteiger partial charge in [0.1, 0.15) is 5.76 Å². The Bertz CT molecular complexity index is 811. The van der Waals surface area contributed by atoms with E-state index in [4.69, 9.17) is 4.74 Å². The Morgan fingerprint density at radius 3 is 2.78 bits per heavy atom. The first-order valence-corrected chi connectivity index (χ1v) is 9.39. The molecule has 6 nitrogen and oxygen atoms in total. The van der Waals surface area contributed by atoms with Gasteiger partial charge in [-0.25, -0.2) is 0 Å². The quantitative estimate of drug-likeness (QED) is 0.693. The monoisotopic (exact) mass is 369 g/mol. The Hall–Kier alpha value is -2.76. The zero-order valence-corrected chi connectivity index (χ0v) is 16.3. The van der Waals surface area contributed by atoms with E-state index < -0.39 is 0 Å². The summed E-state index contributed by atoms with van der Waals surface area (Å²) in [6, 6.07) is 5.39. The van der Waals surface area contributed by atoms with Crippen LogP contribution in [0.25, 0.3) is 0 Å². The van der Waals surface area contributed by atoms with Gasteiger partial charge in [-0.2, -0.15) is 0 Å². The molecule has 0 radical (unpaired) electrons. The van der Waals surface area contributed by atoms with E-state index in [0.29, 0.717) is 29.9 Å². The minimum atomic E-state index is -0.306. The maximum atomic E-state index is 13.3. The lowest BCUT2D eigenvalue weighted by Gasteiger charge is -2.23. The lowest BCUT2D eigenvalue weighted by atomic mass is 9.89. The largest absolute Gasteiger partial charge is 0.490 e. The lowest BCUT2D eigenvalue weighted by molar-refractivity contribution is -0.116. The van der Waals surface area contributed by atoms with E-state index in [-0.39, 0.29) is 29.8 Å². The average molecular weight is 369 g/mol. The van der Waals surface area contributed by atoms with Crippen molar-refractivity contribution in [2.45, 2.75) is 46.3 Å². The molecule has 0 aromatic heterocycles. The Labute approximate surface area is 160 Å². The number of anilines is 2. The van der Waals surface area contributed by atoms with Gasteiger partial charge in [0.25, 0.3) is 0 Å². The fourth-order valence-corrected chi connectivity index (χ4v) is 3.36. The molecule has 2 aliphatic heterocycles. The van der Waals surface area contributed by atoms with Crippen LogP contribution in [0, 0.1) is 5.92 Å². The molecule has 144 valence electrons. The van der Waals surface area contributed by atoms with Crippen molar-refractivity contribution in [3.8, 4) is 0 Å². The number of hydrogen-bond acceptors (Lipinski definition) is 5. The van der Waals surface area contributed by atoms with E-state index >= 15 is 0 Å². The first kappa shape index (κ1) is 19.0. The van der Waals surface area contributed by atoms with Gasteiger partial charge >= 0.3 is 0 Å². The standard InChI is InChI=1S/C21H27N3O3/c1-12(2)27-16-9-15(10-22-11-16)14(4)21(26)17-6-5-7-18-20(17)23-13(3)8-19(25)24-18/h5-7,9,11-14,22-23H,8,10H2,1-4H3,(H,24,25)/t13-,14?/m1/s1. The summed E-state index contributed by atoms with van der Waals surface area (Å²) in [7, 11) is 0. The Morgan fingerprint density at radius 1 is 1.26 bits per heavy atom. The highest BCUT2D eigenvalue weighted by Crippen LogP contribution is 2.33. The average Bonchev–Trinajstić information content (AvgIpc) is 2.76. The van der Waals surface area contributed by atoms with Crippen molar-refractivity contribution in [2.24, 2.45) is 5.92 Å². The highest BCUT2D eigenvalue weighted by atomic mass is 16.5. The molecule has 1 aromatic carbocycles. The normalized spacial score (nSPS) is 20.2. The number of allylic oxidation sites excluding steroid dienone is 1. The molecule has 27 heavy (non-hydrogen) atoms. The second kappa shape index (κ2) is 7.86. The smallest absolute Gasteiger partial charge is 0.226 e. The van der Waals surface area contributed by atoms with Gasteiger partial charge < -0.3 is 20.7 Å². The maximum absolute atomic E-state index is 13.3. The molecule has 0 spiro atoms. The first-order chi connectivity index (χ1) is 12.8. The third-order valence-electron chi connectivity index (χ3n) is 4.69. The molecule has 1 amide bonds. The van der Waals surface area contributed by atoms with Crippen LogP contribution in [-0.2, 0) is 9.53 Å². The number of rotatable bonds is 5. The summed E-state index contributed by atoms with van der Waals surface area (Å²) < 4.78 is 5.74. The van der Waals surface area contributed by atoms with Gasteiger partial charge in [0, 0.05) is 36.7 Å². The molecular formula is C21H27N3O3. The number of hydrogen-bond donors (Lipinski definition) is 3. The molecule has 0 saturated carbocycles. The number of para-hydroxylation sites is 1. The maximum Gasteiger partial charge on any atom is 0.226 e. The van der Waals surface area contributed by atoms with Gasteiger partial charge in [-0.15, -0.1) is 0 Å². The number of amides is 1. The number of benzene rings is 1. The number of dihydropyridines is 1. The third kappa shape index (κ3) is 4.32. The Morgan fingerprint density at radius 2 is 2.04 bits per heavy atom. The number of ether oxygens (including phenoxy) is 1. The molecule has 2 atom stereocenters. The Kier molecular flexibility index (Phi) is 5.54. The summed E-state index contributed by atoms with van der Waals surface area (Å²) in [4.78, 5) is 25.2. The van der Waals surface area contributed by atoms with E-state index in [1.807, 2.05) is 52.1 Å². The van der Waals surface area contributed by atoms with Gasteiger partial charge in [-0.05, 0) is 44.6 Å². The third-order valence-corrected chi connectivity index (χ3v) is 4.69. The van der Waals surface area contributed by atoms with Crippen molar-refractivity contribution in [1.82, 2.24) is 5.32 Å². The SMILES string of the molecule is CC(C)OC1=CNCC(C(C)C(=O)c2cccc3c2N[C@H](C)CC(=O)N3)=C1. The molecule has 0 aliphatic carbocycles. The second-order valence-corrected chi connectivity index (χ2v) is 7.43. The summed E-state index contributed by atoms with van der Waals surface area (Å²) in [6.07, 6.45) is 4.21. The minimum absolute atomic E-state index is 0.0153. The summed E-state index contributed by atoms with van der Waals surface area (Å²) in [5.74, 6) is 0.393. The van der Waals surface area contributed by atoms with Crippen LogP contribution >= 0.6 is 0 Å². The van der Waals surface area contributed by atoms with Crippen LogP contribution in [0.5, 0.6) is 0 Å². The van der Waals surface area contributed by atoms with Crippen LogP contribution in [0.15, 0.2) is 41.8 Å². The van der Waals surface area contributed by atoms with Crippen LogP contribution in [0.1, 0.15) is 44.5 Å². The minimum Gasteiger partial charge on any atom is -0.490 e. The second-order valence-electron chi connectivity index (χ2n) is 7.43. The molecule has 1 unspecified atom stereocenters. The number of carbonyl (C=O) groups is 2. The predicted molar refractivity (Wildman–Crippen MR) is 107 cm³/mol. The molecular weight excluding hydrogens is 342 g/mol. The van der Waals surface area contributed by atoms with Gasteiger partial charge in [0.2, 0.25) is 5.91 Å². The van der Waals surface area contributed by atoms with Crippen molar-refractivity contribution >= 4 is 23.1 Å². The highest BCUT2D eigenvalue weighted by molar-refractivity contribution is 6.08.